The Balaban J connectivity index is 0. The number of carbonyl (C=O) groups excluding carboxylic acids is 4. The second-order valence-electron chi connectivity index (χ2n) is 8.76. The van der Waals surface area contributed by atoms with Crippen molar-refractivity contribution in [2.24, 2.45) is 0 Å². The molecule has 0 spiro atoms. The first-order valence-corrected chi connectivity index (χ1v) is 12.4. The molecule has 0 amide bonds. The van der Waals surface area contributed by atoms with Crippen LogP contribution in [0, 0.1) is 0 Å². The number of aliphatic hydroxyl groups is 5. The third-order valence-corrected chi connectivity index (χ3v) is 5.23. The van der Waals surface area contributed by atoms with E-state index in [1.54, 1.807) is 0 Å². The summed E-state index contributed by atoms with van der Waals surface area (Å²) in [6, 6.07) is 0. The Morgan fingerprint density at radius 2 is 1.16 bits per heavy atom. The molecule has 0 aliphatic carbocycles. The van der Waals surface area contributed by atoms with E-state index in [0.717, 1.165) is 25.7 Å². The maximum atomic E-state index is 12.3. The van der Waals surface area contributed by atoms with Crippen LogP contribution in [0.1, 0.15) is 84.0 Å². The van der Waals surface area contributed by atoms with Crippen LogP contribution < -0.4 is 0 Å². The van der Waals surface area contributed by atoms with Gasteiger partial charge < -0.3 is 39.7 Å². The Morgan fingerprint density at radius 1 is 0.703 bits per heavy atom. The summed E-state index contributed by atoms with van der Waals surface area (Å²) in [5, 5.41) is 46.8. The first-order chi connectivity index (χ1) is 17.1. The van der Waals surface area contributed by atoms with Gasteiger partial charge in [-0.2, -0.15) is 0 Å². The van der Waals surface area contributed by atoms with Crippen molar-refractivity contribution in [3.05, 3.63) is 0 Å². The van der Waals surface area contributed by atoms with Crippen LogP contribution in [0.4, 0.5) is 0 Å². The molecule has 5 N–H and O–H groups in total. The fourth-order valence-electron chi connectivity index (χ4n) is 3.13. The Bertz CT molecular complexity index is 660. The molecule has 12 nitrogen and oxygen atoms in total. The van der Waals surface area contributed by atoms with E-state index in [-0.39, 0.29) is 57.8 Å². The molecule has 0 heterocycles. The van der Waals surface area contributed by atoms with Crippen LogP contribution in [-0.4, -0.2) is 145 Å². The van der Waals surface area contributed by atoms with E-state index in [1.165, 1.54) is 25.7 Å². The average molecular weight is 563 g/mol. The Morgan fingerprint density at radius 3 is 1.68 bits per heavy atom. The molecule has 0 fully saturated rings. The number of rotatable bonds is 21. The second-order valence-corrected chi connectivity index (χ2v) is 8.76. The fraction of sp³-hybridized carbons (Fsp3) is 0.833. The van der Waals surface area contributed by atoms with Crippen LogP contribution in [0.15, 0.2) is 0 Å². The first kappa shape index (κ1) is 38.7. The normalized spacial score (nSPS) is 14.0. The van der Waals surface area contributed by atoms with Gasteiger partial charge in [-0.3, -0.25) is 14.4 Å². The molecule has 37 heavy (non-hydrogen) atoms. The van der Waals surface area contributed by atoms with Crippen molar-refractivity contribution in [1.82, 2.24) is 0 Å². The van der Waals surface area contributed by atoms with Crippen molar-refractivity contribution in [2.75, 3.05) is 26.4 Å². The van der Waals surface area contributed by atoms with Crippen molar-refractivity contribution in [2.45, 2.75) is 102 Å². The van der Waals surface area contributed by atoms with Crippen molar-refractivity contribution >= 4 is 75.3 Å². The van der Waals surface area contributed by atoms with Gasteiger partial charge in [0.15, 0.2) is 5.60 Å². The van der Waals surface area contributed by atoms with E-state index in [0.29, 0.717) is 6.42 Å². The summed E-state index contributed by atoms with van der Waals surface area (Å²) >= 11 is 0. The van der Waals surface area contributed by atoms with E-state index in [2.05, 4.69) is 21.1 Å². The molecule has 0 radical (unpaired) electrons. The summed E-state index contributed by atoms with van der Waals surface area (Å²) in [5.74, 6) is -4.82. The van der Waals surface area contributed by atoms with E-state index >= 15 is 0 Å². The fourth-order valence-corrected chi connectivity index (χ4v) is 3.13. The van der Waals surface area contributed by atoms with Gasteiger partial charge in [-0.15, -0.1) is 0 Å². The standard InChI is InChI=1S/C24H42O12.K.H/c1-2-3-4-5-6-7-8-9-10-11-20(29)36-22(31)13-24(33,23(32)35-17-19(28)15-26)12-21(30)34-16-18(27)14-25;;/h18-19,25-28,33H,2-17H2,1H3;;. The predicted octanol–water partition coefficient (Wildman–Crippen LogP) is -0.367. The summed E-state index contributed by atoms with van der Waals surface area (Å²) in [6.07, 6.45) is 4.14. The molecular formula is C24H43KO12. The van der Waals surface area contributed by atoms with Gasteiger partial charge in [-0.05, 0) is 6.42 Å². The number of esters is 4. The number of hydrogen-bond donors (Lipinski definition) is 5. The average Bonchev–Trinajstić information content (AvgIpc) is 2.84. The van der Waals surface area contributed by atoms with E-state index in [4.69, 9.17) is 10.2 Å². The van der Waals surface area contributed by atoms with Crippen LogP contribution in [0.2, 0.25) is 0 Å². The molecule has 0 saturated carbocycles. The zero-order valence-electron chi connectivity index (χ0n) is 21.1. The van der Waals surface area contributed by atoms with E-state index in [9.17, 15) is 34.5 Å². The molecule has 0 aliphatic heterocycles. The van der Waals surface area contributed by atoms with Gasteiger partial charge in [0.25, 0.3) is 0 Å². The Kier molecular flexibility index (Phi) is 24.5. The third kappa shape index (κ3) is 20.1. The number of carbonyl (C=O) groups is 4. The molecule has 0 bridgehead atoms. The van der Waals surface area contributed by atoms with Gasteiger partial charge in [-0.1, -0.05) is 58.3 Å². The topological polar surface area (TPSA) is 197 Å². The molecule has 0 aromatic heterocycles. The third-order valence-electron chi connectivity index (χ3n) is 5.23. The molecule has 212 valence electrons. The van der Waals surface area contributed by atoms with Crippen molar-refractivity contribution in [1.29, 1.82) is 0 Å². The zero-order chi connectivity index (χ0) is 27.4. The Hall–Kier alpha value is -0.484. The van der Waals surface area contributed by atoms with Crippen molar-refractivity contribution in [3.63, 3.8) is 0 Å². The van der Waals surface area contributed by atoms with Crippen molar-refractivity contribution < 1.29 is 58.9 Å². The summed E-state index contributed by atoms with van der Waals surface area (Å²) in [6.45, 7) is -0.663. The van der Waals surface area contributed by atoms with Crippen LogP contribution in [0.5, 0.6) is 0 Å². The molecule has 13 heteroatoms. The predicted molar refractivity (Wildman–Crippen MR) is 132 cm³/mol. The molecular weight excluding hydrogens is 519 g/mol. The van der Waals surface area contributed by atoms with Crippen LogP contribution in [-0.2, 0) is 33.4 Å². The van der Waals surface area contributed by atoms with E-state index in [1.807, 2.05) is 0 Å². The monoisotopic (exact) mass is 562 g/mol. The number of ether oxygens (including phenoxy) is 3. The van der Waals surface area contributed by atoms with E-state index < -0.39 is 81.0 Å². The number of aliphatic hydroxyl groups excluding tert-OH is 4. The molecule has 3 unspecified atom stereocenters. The minimum absolute atomic E-state index is 0. The number of hydrogen-bond acceptors (Lipinski definition) is 12. The van der Waals surface area contributed by atoms with Gasteiger partial charge in [0.1, 0.15) is 25.4 Å². The van der Waals surface area contributed by atoms with Gasteiger partial charge in [0, 0.05) is 6.42 Å². The molecule has 0 aliphatic rings. The quantitative estimate of drug-likeness (QED) is 0.0401. The van der Waals surface area contributed by atoms with Crippen molar-refractivity contribution in [3.8, 4) is 0 Å². The summed E-state index contributed by atoms with van der Waals surface area (Å²) in [4.78, 5) is 48.5. The zero-order valence-corrected chi connectivity index (χ0v) is 21.1. The summed E-state index contributed by atoms with van der Waals surface area (Å²) < 4.78 is 13.9. The van der Waals surface area contributed by atoms with Gasteiger partial charge >= 0.3 is 75.3 Å². The molecule has 0 aromatic rings. The second kappa shape index (κ2) is 23.4. The molecule has 3 atom stereocenters. The van der Waals surface area contributed by atoms with Crippen LogP contribution in [0.3, 0.4) is 0 Å². The molecule has 0 aromatic carbocycles. The SMILES string of the molecule is CCCCCCCCCCCC(=O)OC(=O)CC(O)(CC(=O)OCC(O)CO)C(=O)OCC(O)CO.[KH]. The first-order valence-electron chi connectivity index (χ1n) is 12.4. The van der Waals surface area contributed by atoms with Crippen LogP contribution >= 0.6 is 0 Å². The Labute approximate surface area is 260 Å². The minimum atomic E-state index is -2.80. The summed E-state index contributed by atoms with van der Waals surface area (Å²) in [5.41, 5.74) is -2.80. The van der Waals surface area contributed by atoms with Crippen LogP contribution in [0.25, 0.3) is 0 Å². The molecule has 0 rings (SSSR count). The summed E-state index contributed by atoms with van der Waals surface area (Å²) in [7, 11) is 0. The van der Waals surface area contributed by atoms with Gasteiger partial charge in [-0.25, -0.2) is 4.79 Å². The van der Waals surface area contributed by atoms with Gasteiger partial charge in [0.2, 0.25) is 0 Å². The molecule has 0 saturated heterocycles. The number of unbranched alkanes of at least 4 members (excludes halogenated alkanes) is 8. The van der Waals surface area contributed by atoms with Gasteiger partial charge in [0.05, 0.1) is 26.1 Å². The maximum absolute atomic E-state index is 12.3.